The van der Waals surface area contributed by atoms with Crippen molar-refractivity contribution in [3.63, 3.8) is 0 Å². The molecule has 1 aromatic rings. The van der Waals surface area contributed by atoms with Crippen molar-refractivity contribution >= 4 is 33.2 Å². The van der Waals surface area contributed by atoms with E-state index in [1.807, 2.05) is 25.7 Å². The second kappa shape index (κ2) is 9.33. The molecule has 0 radical (unpaired) electrons. The Labute approximate surface area is 183 Å². The molecule has 1 aromatic heterocycles. The van der Waals surface area contributed by atoms with Gasteiger partial charge in [0.1, 0.15) is 4.21 Å². The van der Waals surface area contributed by atoms with Gasteiger partial charge in [0.25, 0.3) is 10.0 Å². The van der Waals surface area contributed by atoms with Gasteiger partial charge in [-0.3, -0.25) is 14.5 Å². The average molecular weight is 457 g/mol. The topological polar surface area (TPSA) is 90.0 Å². The Bertz CT molecular complexity index is 841. The lowest BCUT2D eigenvalue weighted by Gasteiger charge is -2.38. The largest absolute Gasteiger partial charge is 0.350 e. The van der Waals surface area contributed by atoms with Crippen molar-refractivity contribution in [3.8, 4) is 0 Å². The molecule has 2 saturated heterocycles. The summed E-state index contributed by atoms with van der Waals surface area (Å²) in [5, 5.41) is 4.71. The van der Waals surface area contributed by atoms with Crippen LogP contribution in [0.15, 0.2) is 21.7 Å². The van der Waals surface area contributed by atoms with Gasteiger partial charge in [0.05, 0.1) is 12.5 Å². The van der Waals surface area contributed by atoms with Crippen LogP contribution >= 0.6 is 11.3 Å². The maximum absolute atomic E-state index is 13.0. The van der Waals surface area contributed by atoms with Gasteiger partial charge in [-0.15, -0.1) is 11.3 Å². The molecule has 3 rings (SSSR count). The second-order valence-corrected chi connectivity index (χ2v) is 12.1. The number of hydrogen-bond acceptors (Lipinski definition) is 6. The highest BCUT2D eigenvalue weighted by Crippen LogP contribution is 2.27. The summed E-state index contributed by atoms with van der Waals surface area (Å²) in [7, 11) is -3.52. The number of sulfonamides is 1. The van der Waals surface area contributed by atoms with E-state index in [-0.39, 0.29) is 29.8 Å². The molecule has 0 spiro atoms. The number of hydrogen-bond donors (Lipinski definition) is 1. The number of carbonyl (C=O) groups is 2. The van der Waals surface area contributed by atoms with E-state index in [0.717, 1.165) is 0 Å². The maximum Gasteiger partial charge on any atom is 0.252 e. The lowest BCUT2D eigenvalue weighted by Crippen LogP contribution is -2.55. The molecule has 1 N–H and O–H groups in total. The number of piperidine rings is 1. The molecule has 1 atom stereocenters. The van der Waals surface area contributed by atoms with Crippen LogP contribution in [0.2, 0.25) is 0 Å². The van der Waals surface area contributed by atoms with E-state index in [9.17, 15) is 18.0 Å². The fourth-order valence-corrected chi connectivity index (χ4v) is 6.61. The molecule has 1 unspecified atom stereocenters. The maximum atomic E-state index is 13.0. The van der Waals surface area contributed by atoms with Crippen LogP contribution in [-0.4, -0.2) is 85.7 Å². The summed E-state index contributed by atoms with van der Waals surface area (Å²) in [5.74, 6) is -0.284. The molecule has 0 aromatic carbocycles. The van der Waals surface area contributed by atoms with E-state index in [1.165, 1.54) is 15.6 Å². The summed E-state index contributed by atoms with van der Waals surface area (Å²) in [6.45, 7) is 9.31. The zero-order chi connectivity index (χ0) is 21.9. The molecule has 3 heterocycles. The minimum absolute atomic E-state index is 0.0102. The summed E-state index contributed by atoms with van der Waals surface area (Å²) in [4.78, 5) is 29.0. The third-order valence-corrected chi connectivity index (χ3v) is 8.63. The van der Waals surface area contributed by atoms with Gasteiger partial charge in [0.2, 0.25) is 11.8 Å². The molecule has 0 bridgehead atoms. The Kier molecular flexibility index (Phi) is 7.21. The minimum Gasteiger partial charge on any atom is -0.350 e. The smallest absolute Gasteiger partial charge is 0.252 e. The summed E-state index contributed by atoms with van der Waals surface area (Å²) in [5.41, 5.74) is -0.259. The average Bonchev–Trinajstić information content (AvgIpc) is 3.22. The molecular weight excluding hydrogens is 424 g/mol. The Hall–Kier alpha value is -1.49. The summed E-state index contributed by atoms with van der Waals surface area (Å²) in [6.07, 6.45) is 1.40. The van der Waals surface area contributed by atoms with E-state index >= 15 is 0 Å². The predicted molar refractivity (Wildman–Crippen MR) is 117 cm³/mol. The van der Waals surface area contributed by atoms with Gasteiger partial charge >= 0.3 is 0 Å². The van der Waals surface area contributed by atoms with Crippen LogP contribution in [0.25, 0.3) is 0 Å². The van der Waals surface area contributed by atoms with Crippen molar-refractivity contribution in [1.82, 2.24) is 19.4 Å². The second-order valence-electron chi connectivity index (χ2n) is 9.03. The first kappa shape index (κ1) is 23.2. The molecule has 2 aliphatic rings. The van der Waals surface area contributed by atoms with Crippen LogP contribution in [0.1, 0.15) is 33.6 Å². The van der Waals surface area contributed by atoms with Crippen LogP contribution in [0.3, 0.4) is 0 Å². The van der Waals surface area contributed by atoms with Gasteiger partial charge < -0.3 is 10.2 Å². The standard InChI is InChI=1S/C20H32N4O4S2/c1-20(2,3)21-17(25)15-22-9-11-23(12-10-22)19(26)16-6-4-8-24(14-16)30(27,28)18-7-5-13-29-18/h5,7,13,16H,4,6,8-12,14-15H2,1-3H3,(H,21,25). The van der Waals surface area contributed by atoms with E-state index in [0.29, 0.717) is 56.3 Å². The van der Waals surface area contributed by atoms with Gasteiger partial charge in [0.15, 0.2) is 0 Å². The number of amides is 2. The first-order valence-electron chi connectivity index (χ1n) is 10.4. The highest BCUT2D eigenvalue weighted by molar-refractivity contribution is 7.91. The van der Waals surface area contributed by atoms with Crippen molar-refractivity contribution in [2.75, 3.05) is 45.8 Å². The van der Waals surface area contributed by atoms with E-state index < -0.39 is 10.0 Å². The van der Waals surface area contributed by atoms with Crippen LogP contribution in [-0.2, 0) is 19.6 Å². The van der Waals surface area contributed by atoms with Crippen molar-refractivity contribution < 1.29 is 18.0 Å². The van der Waals surface area contributed by atoms with Gasteiger partial charge in [-0.1, -0.05) is 6.07 Å². The van der Waals surface area contributed by atoms with Gasteiger partial charge in [-0.25, -0.2) is 8.42 Å². The van der Waals surface area contributed by atoms with E-state index in [4.69, 9.17) is 0 Å². The van der Waals surface area contributed by atoms with Crippen molar-refractivity contribution in [2.24, 2.45) is 5.92 Å². The molecule has 30 heavy (non-hydrogen) atoms. The van der Waals surface area contributed by atoms with Crippen LogP contribution < -0.4 is 5.32 Å². The number of thiophene rings is 1. The first-order valence-corrected chi connectivity index (χ1v) is 12.7. The molecule has 0 aliphatic carbocycles. The van der Waals surface area contributed by atoms with Crippen molar-refractivity contribution in [1.29, 1.82) is 0 Å². The number of nitrogens with zero attached hydrogens (tertiary/aromatic N) is 3. The summed E-state index contributed by atoms with van der Waals surface area (Å²) >= 11 is 1.21. The Morgan fingerprint density at radius 1 is 1.17 bits per heavy atom. The lowest BCUT2D eigenvalue weighted by atomic mass is 9.98. The summed E-state index contributed by atoms with van der Waals surface area (Å²) in [6, 6.07) is 3.34. The van der Waals surface area contributed by atoms with Gasteiger partial charge in [0, 0.05) is 44.8 Å². The van der Waals surface area contributed by atoms with E-state index in [2.05, 4.69) is 10.2 Å². The van der Waals surface area contributed by atoms with Crippen LogP contribution in [0.4, 0.5) is 0 Å². The molecule has 10 heteroatoms. The highest BCUT2D eigenvalue weighted by atomic mass is 32.2. The molecule has 0 saturated carbocycles. The van der Waals surface area contributed by atoms with Crippen molar-refractivity contribution in [2.45, 2.75) is 43.4 Å². The van der Waals surface area contributed by atoms with Crippen LogP contribution in [0.5, 0.6) is 0 Å². The number of carbonyl (C=O) groups excluding carboxylic acids is 2. The number of rotatable bonds is 5. The fraction of sp³-hybridized carbons (Fsp3) is 0.700. The molecule has 2 amide bonds. The predicted octanol–water partition coefficient (Wildman–Crippen LogP) is 1.21. The minimum atomic E-state index is -3.52. The third kappa shape index (κ3) is 5.81. The van der Waals surface area contributed by atoms with Crippen LogP contribution in [0, 0.1) is 5.92 Å². The summed E-state index contributed by atoms with van der Waals surface area (Å²) < 4.78 is 27.4. The zero-order valence-corrected chi connectivity index (χ0v) is 19.6. The Morgan fingerprint density at radius 2 is 1.87 bits per heavy atom. The fourth-order valence-electron chi connectivity index (χ4n) is 3.95. The number of piperazine rings is 1. The van der Waals surface area contributed by atoms with E-state index in [1.54, 1.807) is 17.5 Å². The Morgan fingerprint density at radius 3 is 2.47 bits per heavy atom. The molecular formula is C20H32N4O4S2. The monoisotopic (exact) mass is 456 g/mol. The molecule has 2 fully saturated rings. The van der Waals surface area contributed by atoms with Crippen molar-refractivity contribution in [3.05, 3.63) is 17.5 Å². The zero-order valence-electron chi connectivity index (χ0n) is 18.0. The molecule has 168 valence electrons. The highest BCUT2D eigenvalue weighted by Gasteiger charge is 2.36. The Balaban J connectivity index is 1.52. The molecule has 2 aliphatic heterocycles. The SMILES string of the molecule is CC(C)(C)NC(=O)CN1CCN(C(=O)C2CCCN(S(=O)(=O)c3cccs3)C2)CC1. The lowest BCUT2D eigenvalue weighted by molar-refractivity contribution is -0.138. The quantitative estimate of drug-likeness (QED) is 0.719. The molecule has 8 nitrogen and oxygen atoms in total. The third-order valence-electron chi connectivity index (χ3n) is 5.39. The first-order chi connectivity index (χ1) is 14.1. The number of nitrogens with one attached hydrogen (secondary N) is 1. The normalized spacial score (nSPS) is 22.1. The van der Waals surface area contributed by atoms with Gasteiger partial charge in [-0.2, -0.15) is 4.31 Å². The van der Waals surface area contributed by atoms with Gasteiger partial charge in [-0.05, 0) is 45.1 Å².